The van der Waals surface area contributed by atoms with Crippen molar-refractivity contribution in [2.45, 2.75) is 51.6 Å². The first kappa shape index (κ1) is 13.8. The minimum absolute atomic E-state index is 0.209. The number of rotatable bonds is 3. The molecule has 1 fully saturated rings. The second-order valence-electron chi connectivity index (χ2n) is 5.23. The molecule has 2 rings (SSSR count). The first-order valence-electron chi connectivity index (χ1n) is 6.85. The van der Waals surface area contributed by atoms with Gasteiger partial charge in [-0.1, -0.05) is 24.3 Å². The summed E-state index contributed by atoms with van der Waals surface area (Å²) in [6, 6.07) is 8.21. The zero-order valence-corrected chi connectivity index (χ0v) is 11.5. The third-order valence-electron chi connectivity index (χ3n) is 3.76. The lowest BCUT2D eigenvalue weighted by Gasteiger charge is -2.22. The number of benzene rings is 1. The van der Waals surface area contributed by atoms with E-state index < -0.39 is 0 Å². The molecule has 3 heteroatoms. The normalized spacial score (nSPS) is 18.1. The van der Waals surface area contributed by atoms with Crippen molar-refractivity contribution in [3.8, 4) is 0 Å². The average Bonchev–Trinajstić information content (AvgIpc) is 2.39. The highest BCUT2D eigenvalue weighted by atomic mass is 16.5. The van der Waals surface area contributed by atoms with Crippen LogP contribution in [-0.4, -0.2) is 11.8 Å². The predicted molar refractivity (Wildman–Crippen MR) is 72.8 cm³/mol. The molecular weight excluding hydrogens is 240 g/mol. The fraction of sp³-hybridized carbons (Fsp3) is 0.500. The Hall–Kier alpha value is -1.64. The van der Waals surface area contributed by atoms with E-state index in [0.717, 1.165) is 18.4 Å². The van der Waals surface area contributed by atoms with Crippen molar-refractivity contribution >= 4 is 11.8 Å². The Morgan fingerprint density at radius 1 is 1.21 bits per heavy atom. The Bertz CT molecular complexity index is 451. The highest BCUT2D eigenvalue weighted by Crippen LogP contribution is 2.31. The summed E-state index contributed by atoms with van der Waals surface area (Å²) in [7, 11) is 0. The number of esters is 1. The van der Waals surface area contributed by atoms with Gasteiger partial charge in [0.1, 0.15) is 11.9 Å². The maximum atomic E-state index is 11.2. The van der Waals surface area contributed by atoms with E-state index in [4.69, 9.17) is 4.74 Å². The van der Waals surface area contributed by atoms with Crippen molar-refractivity contribution in [1.29, 1.82) is 0 Å². The van der Waals surface area contributed by atoms with Crippen molar-refractivity contribution in [2.75, 3.05) is 0 Å². The van der Waals surface area contributed by atoms with Crippen LogP contribution in [0.15, 0.2) is 24.3 Å². The number of Topliss-reactive ketones (excluding diaryl/α,β-unsaturated/α-hetero) is 1. The minimum atomic E-state index is -0.262. The number of carbonyl (C=O) groups is 2. The molecule has 0 radical (unpaired) electrons. The van der Waals surface area contributed by atoms with Crippen LogP contribution >= 0.6 is 0 Å². The molecule has 0 amide bonds. The zero-order chi connectivity index (χ0) is 13.8. The van der Waals surface area contributed by atoms with Gasteiger partial charge in [-0.3, -0.25) is 9.59 Å². The van der Waals surface area contributed by atoms with Crippen LogP contribution in [0.4, 0.5) is 0 Å². The van der Waals surface area contributed by atoms with Gasteiger partial charge in [0.05, 0.1) is 0 Å². The van der Waals surface area contributed by atoms with Crippen molar-refractivity contribution in [2.24, 2.45) is 0 Å². The molecule has 0 aromatic heterocycles. The van der Waals surface area contributed by atoms with Crippen LogP contribution < -0.4 is 0 Å². The van der Waals surface area contributed by atoms with Gasteiger partial charge in [0.15, 0.2) is 0 Å². The van der Waals surface area contributed by atoms with Gasteiger partial charge in [-0.2, -0.15) is 0 Å². The van der Waals surface area contributed by atoms with Crippen molar-refractivity contribution in [3.05, 3.63) is 35.4 Å². The minimum Gasteiger partial charge on any atom is -0.458 e. The van der Waals surface area contributed by atoms with E-state index in [-0.39, 0.29) is 12.1 Å². The maximum absolute atomic E-state index is 11.2. The molecule has 0 saturated heterocycles. The van der Waals surface area contributed by atoms with E-state index in [0.29, 0.717) is 24.5 Å². The molecule has 1 aliphatic rings. The molecule has 0 aliphatic heterocycles. The standard InChI is InChI=1S/C16H20O3/c1-11(19-12(2)17)13-3-5-14(6-4-13)15-7-9-16(18)10-8-15/h3-6,11,15H,7-10H2,1-2H3. The van der Waals surface area contributed by atoms with Gasteiger partial charge in [0.2, 0.25) is 0 Å². The third-order valence-corrected chi connectivity index (χ3v) is 3.76. The molecule has 1 atom stereocenters. The Balaban J connectivity index is 2.02. The maximum Gasteiger partial charge on any atom is 0.303 e. The van der Waals surface area contributed by atoms with Crippen LogP contribution in [0.1, 0.15) is 62.7 Å². The summed E-state index contributed by atoms with van der Waals surface area (Å²) >= 11 is 0. The molecule has 0 heterocycles. The summed E-state index contributed by atoms with van der Waals surface area (Å²) in [5.41, 5.74) is 2.29. The van der Waals surface area contributed by atoms with Crippen LogP contribution in [0.5, 0.6) is 0 Å². The topological polar surface area (TPSA) is 43.4 Å². The van der Waals surface area contributed by atoms with Crippen LogP contribution in [0.25, 0.3) is 0 Å². The van der Waals surface area contributed by atoms with Gasteiger partial charge in [-0.15, -0.1) is 0 Å². The van der Waals surface area contributed by atoms with Crippen LogP contribution in [0, 0.1) is 0 Å². The van der Waals surface area contributed by atoms with Crippen molar-refractivity contribution < 1.29 is 14.3 Å². The molecule has 0 bridgehead atoms. The van der Waals surface area contributed by atoms with Gasteiger partial charge >= 0.3 is 5.97 Å². The molecule has 1 saturated carbocycles. The summed E-state index contributed by atoms with van der Waals surface area (Å²) in [5.74, 6) is 0.620. The van der Waals surface area contributed by atoms with E-state index in [2.05, 4.69) is 12.1 Å². The van der Waals surface area contributed by atoms with E-state index in [9.17, 15) is 9.59 Å². The van der Waals surface area contributed by atoms with E-state index in [1.54, 1.807) is 0 Å². The molecule has 1 aromatic carbocycles. The zero-order valence-electron chi connectivity index (χ0n) is 11.5. The van der Waals surface area contributed by atoms with Crippen LogP contribution in [-0.2, 0) is 14.3 Å². The number of hydrogen-bond acceptors (Lipinski definition) is 3. The summed E-state index contributed by atoms with van der Waals surface area (Å²) < 4.78 is 5.15. The Morgan fingerprint density at radius 3 is 2.32 bits per heavy atom. The molecule has 3 nitrogen and oxygen atoms in total. The monoisotopic (exact) mass is 260 g/mol. The SMILES string of the molecule is CC(=O)OC(C)c1ccc(C2CCC(=O)CC2)cc1. The third kappa shape index (κ3) is 3.66. The second kappa shape index (κ2) is 6.00. The largest absolute Gasteiger partial charge is 0.458 e. The predicted octanol–water partition coefficient (Wildman–Crippen LogP) is 3.54. The first-order valence-corrected chi connectivity index (χ1v) is 6.85. The molecule has 1 aliphatic carbocycles. The Morgan fingerprint density at radius 2 is 1.79 bits per heavy atom. The number of hydrogen-bond donors (Lipinski definition) is 0. The number of ether oxygens (including phenoxy) is 1. The Kier molecular flexibility index (Phi) is 4.35. The van der Waals surface area contributed by atoms with Gasteiger partial charge in [-0.25, -0.2) is 0 Å². The van der Waals surface area contributed by atoms with Gasteiger partial charge in [0, 0.05) is 19.8 Å². The molecule has 1 unspecified atom stereocenters. The van der Waals surface area contributed by atoms with Gasteiger partial charge in [0.25, 0.3) is 0 Å². The smallest absolute Gasteiger partial charge is 0.303 e. The molecule has 0 spiro atoms. The Labute approximate surface area is 114 Å². The van der Waals surface area contributed by atoms with E-state index in [1.807, 2.05) is 19.1 Å². The quantitative estimate of drug-likeness (QED) is 0.781. The van der Waals surface area contributed by atoms with Crippen LogP contribution in [0.3, 0.4) is 0 Å². The number of carbonyl (C=O) groups excluding carboxylic acids is 2. The average molecular weight is 260 g/mol. The summed E-state index contributed by atoms with van der Waals surface area (Å²) in [4.78, 5) is 22.2. The highest BCUT2D eigenvalue weighted by Gasteiger charge is 2.20. The fourth-order valence-electron chi connectivity index (χ4n) is 2.63. The fourth-order valence-corrected chi connectivity index (χ4v) is 2.63. The van der Waals surface area contributed by atoms with E-state index >= 15 is 0 Å². The van der Waals surface area contributed by atoms with Crippen molar-refractivity contribution in [3.63, 3.8) is 0 Å². The summed E-state index contributed by atoms with van der Waals surface area (Å²) in [6.07, 6.45) is 3.11. The first-order chi connectivity index (χ1) is 9.06. The van der Waals surface area contributed by atoms with Crippen molar-refractivity contribution in [1.82, 2.24) is 0 Å². The lowest BCUT2D eigenvalue weighted by Crippen LogP contribution is -2.12. The summed E-state index contributed by atoms with van der Waals surface area (Å²) in [6.45, 7) is 3.29. The van der Waals surface area contributed by atoms with Crippen LogP contribution in [0.2, 0.25) is 0 Å². The van der Waals surface area contributed by atoms with E-state index in [1.165, 1.54) is 12.5 Å². The summed E-state index contributed by atoms with van der Waals surface area (Å²) in [5, 5.41) is 0. The molecule has 102 valence electrons. The second-order valence-corrected chi connectivity index (χ2v) is 5.23. The lowest BCUT2D eigenvalue weighted by atomic mass is 9.83. The van der Waals surface area contributed by atoms with Gasteiger partial charge in [-0.05, 0) is 36.8 Å². The van der Waals surface area contributed by atoms with Gasteiger partial charge < -0.3 is 4.74 Å². The molecule has 1 aromatic rings. The molecule has 19 heavy (non-hydrogen) atoms. The highest BCUT2D eigenvalue weighted by molar-refractivity contribution is 5.79. The molecule has 0 N–H and O–H groups in total. The lowest BCUT2D eigenvalue weighted by molar-refractivity contribution is -0.145. The number of ketones is 1. The molecular formula is C16H20O3.